The van der Waals surface area contributed by atoms with E-state index in [1.165, 1.54) is 12.8 Å². The summed E-state index contributed by atoms with van der Waals surface area (Å²) in [4.78, 5) is 0. The second-order valence-electron chi connectivity index (χ2n) is 1.86. The van der Waals surface area contributed by atoms with Crippen LogP contribution in [0.2, 0.25) is 0 Å². The molecule has 0 nitrogen and oxygen atoms in total. The van der Waals surface area contributed by atoms with Crippen LogP contribution < -0.4 is 0 Å². The third-order valence-electron chi connectivity index (χ3n) is 0.956. The van der Waals surface area contributed by atoms with Gasteiger partial charge in [0.25, 0.3) is 0 Å². The molecule has 0 radical (unpaired) electrons. The molecule has 1 atom stereocenters. The smallest absolute Gasteiger partial charge is 0.0123 e. The van der Waals surface area contributed by atoms with Gasteiger partial charge in [-0.3, -0.25) is 0 Å². The third kappa shape index (κ3) is 4.85. The molecule has 0 bridgehead atoms. The minimum absolute atomic E-state index is 0.843. The highest BCUT2D eigenvalue weighted by molar-refractivity contribution is 8.76. The minimum Gasteiger partial charge on any atom is -0.0973 e. The second-order valence-corrected chi connectivity index (χ2v) is 4.77. The van der Waals surface area contributed by atoms with Crippen molar-refractivity contribution in [2.75, 3.05) is 6.26 Å². The van der Waals surface area contributed by atoms with Gasteiger partial charge in [-0.15, -0.1) is 0 Å². The van der Waals surface area contributed by atoms with Crippen molar-refractivity contribution in [2.24, 2.45) is 0 Å². The maximum atomic E-state index is 2.28. The molecule has 0 heterocycles. The fourth-order valence-electron chi connectivity index (χ4n) is 0.619. The molecule has 1 unspecified atom stereocenters. The molecule has 0 aromatic rings. The van der Waals surface area contributed by atoms with Gasteiger partial charge in [0.15, 0.2) is 0 Å². The van der Waals surface area contributed by atoms with E-state index in [0.29, 0.717) is 0 Å². The molecule has 8 heavy (non-hydrogen) atoms. The van der Waals surface area contributed by atoms with Crippen molar-refractivity contribution in [3.63, 3.8) is 0 Å². The van der Waals surface area contributed by atoms with Gasteiger partial charge in [-0.1, -0.05) is 41.9 Å². The zero-order valence-electron chi connectivity index (χ0n) is 5.81. The summed E-state index contributed by atoms with van der Waals surface area (Å²) in [6.07, 6.45) is 4.80. The highest BCUT2D eigenvalue weighted by atomic mass is 33.1. The van der Waals surface area contributed by atoms with Gasteiger partial charge in [-0.2, -0.15) is 0 Å². The maximum Gasteiger partial charge on any atom is 0.0123 e. The highest BCUT2D eigenvalue weighted by Crippen LogP contribution is 2.25. The monoisotopic (exact) mass is 150 g/mol. The summed E-state index contributed by atoms with van der Waals surface area (Å²) in [6.45, 7) is 4.52. The first-order chi connectivity index (χ1) is 3.81. The van der Waals surface area contributed by atoms with Crippen molar-refractivity contribution < 1.29 is 0 Å². The Morgan fingerprint density at radius 2 is 2.12 bits per heavy atom. The quantitative estimate of drug-likeness (QED) is 0.564. The molecule has 0 aliphatic carbocycles. The predicted molar refractivity (Wildman–Crippen MR) is 45.5 cm³/mol. The summed E-state index contributed by atoms with van der Waals surface area (Å²) in [5.41, 5.74) is 0. The Hall–Kier alpha value is 0.700. The van der Waals surface area contributed by atoms with Crippen molar-refractivity contribution in [1.82, 2.24) is 0 Å². The Balaban J connectivity index is 2.92. The molecule has 0 aliphatic heterocycles. The normalized spacial score (nSPS) is 13.9. The lowest BCUT2D eigenvalue weighted by Crippen LogP contribution is -1.90. The van der Waals surface area contributed by atoms with Crippen LogP contribution >= 0.6 is 21.6 Å². The molecule has 0 aromatic carbocycles. The highest BCUT2D eigenvalue weighted by Gasteiger charge is 1.97. The minimum atomic E-state index is 0.843. The second kappa shape index (κ2) is 5.83. The molecule has 0 spiro atoms. The molecular formula is C6H14S2. The molecule has 0 aliphatic rings. The van der Waals surface area contributed by atoms with Crippen LogP contribution in [0.1, 0.15) is 26.7 Å². The summed E-state index contributed by atoms with van der Waals surface area (Å²) in [6, 6.07) is 0. The van der Waals surface area contributed by atoms with Crippen LogP contribution in [0.25, 0.3) is 0 Å². The van der Waals surface area contributed by atoms with Crippen LogP contribution in [0.15, 0.2) is 0 Å². The summed E-state index contributed by atoms with van der Waals surface area (Å²) in [5.74, 6) is 0. The van der Waals surface area contributed by atoms with Gasteiger partial charge in [0.05, 0.1) is 0 Å². The molecule has 0 amide bonds. The lowest BCUT2D eigenvalue weighted by Gasteiger charge is -2.04. The topological polar surface area (TPSA) is 0 Å². The van der Waals surface area contributed by atoms with E-state index in [1.54, 1.807) is 0 Å². The fourth-order valence-corrected chi connectivity index (χ4v) is 2.55. The molecule has 0 N–H and O–H groups in total. The van der Waals surface area contributed by atoms with Crippen LogP contribution in [0, 0.1) is 0 Å². The molecule has 0 saturated carbocycles. The van der Waals surface area contributed by atoms with Gasteiger partial charge in [-0.05, 0) is 12.7 Å². The van der Waals surface area contributed by atoms with Crippen LogP contribution in [-0.4, -0.2) is 11.5 Å². The zero-order valence-corrected chi connectivity index (χ0v) is 7.44. The van der Waals surface area contributed by atoms with Crippen molar-refractivity contribution in [1.29, 1.82) is 0 Å². The average molecular weight is 150 g/mol. The van der Waals surface area contributed by atoms with Crippen LogP contribution in [-0.2, 0) is 0 Å². The van der Waals surface area contributed by atoms with Gasteiger partial charge < -0.3 is 0 Å². The molecule has 0 fully saturated rings. The molecule has 2 heteroatoms. The van der Waals surface area contributed by atoms with E-state index < -0.39 is 0 Å². The lowest BCUT2D eigenvalue weighted by molar-refractivity contribution is 0.790. The van der Waals surface area contributed by atoms with Crippen molar-refractivity contribution in [2.45, 2.75) is 31.9 Å². The molecule has 0 saturated heterocycles. The molecule has 0 rings (SSSR count). The van der Waals surface area contributed by atoms with Gasteiger partial charge >= 0.3 is 0 Å². The molecular weight excluding hydrogens is 136 g/mol. The van der Waals surface area contributed by atoms with Gasteiger partial charge in [0.2, 0.25) is 0 Å². The van der Waals surface area contributed by atoms with Crippen molar-refractivity contribution in [3.8, 4) is 0 Å². The van der Waals surface area contributed by atoms with E-state index in [0.717, 1.165) is 5.25 Å². The maximum absolute atomic E-state index is 2.28. The fraction of sp³-hybridized carbons (Fsp3) is 1.00. The standard InChI is InChI=1S/C6H14S2/c1-4-5-6(2)8-7-3/h6H,4-5H2,1-3H3. The Kier molecular flexibility index (Phi) is 6.34. The Labute approximate surface area is 60.2 Å². The van der Waals surface area contributed by atoms with Crippen molar-refractivity contribution >= 4 is 21.6 Å². The first-order valence-electron chi connectivity index (χ1n) is 3.00. The Bertz CT molecular complexity index is 39.8. The number of rotatable bonds is 4. The largest absolute Gasteiger partial charge is 0.0973 e. The molecule has 50 valence electrons. The van der Waals surface area contributed by atoms with E-state index in [-0.39, 0.29) is 0 Å². The van der Waals surface area contributed by atoms with Crippen LogP contribution in [0.4, 0.5) is 0 Å². The summed E-state index contributed by atoms with van der Waals surface area (Å²) in [7, 11) is 3.84. The average Bonchev–Trinajstić information content (AvgIpc) is 1.68. The third-order valence-corrected chi connectivity index (χ3v) is 3.28. The Morgan fingerprint density at radius 3 is 2.50 bits per heavy atom. The number of hydrogen-bond donors (Lipinski definition) is 0. The lowest BCUT2D eigenvalue weighted by atomic mass is 10.3. The zero-order chi connectivity index (χ0) is 6.41. The molecule has 0 aromatic heterocycles. The van der Waals surface area contributed by atoms with Gasteiger partial charge in [0, 0.05) is 5.25 Å². The van der Waals surface area contributed by atoms with E-state index in [1.807, 2.05) is 21.6 Å². The van der Waals surface area contributed by atoms with Gasteiger partial charge in [0.1, 0.15) is 0 Å². The first-order valence-corrected chi connectivity index (χ1v) is 5.62. The van der Waals surface area contributed by atoms with E-state index in [9.17, 15) is 0 Å². The van der Waals surface area contributed by atoms with Crippen LogP contribution in [0.5, 0.6) is 0 Å². The predicted octanol–water partition coefficient (Wildman–Crippen LogP) is 3.19. The van der Waals surface area contributed by atoms with Crippen molar-refractivity contribution in [3.05, 3.63) is 0 Å². The summed E-state index contributed by atoms with van der Waals surface area (Å²) in [5, 5.41) is 0.843. The first kappa shape index (κ1) is 8.70. The van der Waals surface area contributed by atoms with E-state index in [2.05, 4.69) is 20.1 Å². The van der Waals surface area contributed by atoms with E-state index in [4.69, 9.17) is 0 Å². The van der Waals surface area contributed by atoms with E-state index >= 15 is 0 Å². The summed E-state index contributed by atoms with van der Waals surface area (Å²) >= 11 is 0. The van der Waals surface area contributed by atoms with Crippen LogP contribution in [0.3, 0.4) is 0 Å². The van der Waals surface area contributed by atoms with Gasteiger partial charge in [-0.25, -0.2) is 0 Å². The Morgan fingerprint density at radius 1 is 1.50 bits per heavy atom. The number of hydrogen-bond acceptors (Lipinski definition) is 2. The SMILES string of the molecule is CCCC(C)SSC. The summed E-state index contributed by atoms with van der Waals surface area (Å²) < 4.78 is 0.